The number of ether oxygens (including phenoxy) is 1. The first-order valence-corrected chi connectivity index (χ1v) is 6.69. The molecule has 7 heteroatoms. The summed E-state index contributed by atoms with van der Waals surface area (Å²) in [5.74, 6) is 1.16. The van der Waals surface area contributed by atoms with Crippen LogP contribution in [0.25, 0.3) is 10.9 Å². The second-order valence-electron chi connectivity index (χ2n) is 4.67. The Bertz CT molecular complexity index is 794. The number of aryl methyl sites for hydroxylation is 1. The molecule has 0 aliphatic carbocycles. The molecule has 0 radical (unpaired) electrons. The number of aromatic nitrogens is 2. The van der Waals surface area contributed by atoms with E-state index < -0.39 is 0 Å². The molecule has 1 N–H and O–H groups in total. The number of fused-ring (bicyclic) bond motifs is 1. The van der Waals surface area contributed by atoms with Gasteiger partial charge in [-0.25, -0.2) is 0 Å². The molecule has 108 valence electrons. The van der Waals surface area contributed by atoms with E-state index in [2.05, 4.69) is 15.3 Å². The second-order valence-corrected chi connectivity index (χ2v) is 5.08. The fourth-order valence-electron chi connectivity index (χ4n) is 2.09. The minimum absolute atomic E-state index is 0.0971. The van der Waals surface area contributed by atoms with Crippen molar-refractivity contribution in [3.05, 3.63) is 51.3 Å². The minimum atomic E-state index is 0.0971. The van der Waals surface area contributed by atoms with Crippen LogP contribution in [-0.2, 0) is 13.2 Å². The molecule has 0 unspecified atom stereocenters. The first-order valence-electron chi connectivity index (χ1n) is 6.31. The Morgan fingerprint density at radius 2 is 2.24 bits per heavy atom. The van der Waals surface area contributed by atoms with Crippen LogP contribution in [0.5, 0.6) is 5.75 Å². The van der Waals surface area contributed by atoms with E-state index in [-0.39, 0.29) is 13.2 Å². The maximum atomic E-state index is 10.3. The SMILES string of the molecule is Cc1cc(COc2cc3[nH]c(CN=O)cc3cc2Cl)on1. The summed E-state index contributed by atoms with van der Waals surface area (Å²) in [6.07, 6.45) is 0. The Balaban J connectivity index is 1.84. The largest absolute Gasteiger partial charge is 0.484 e. The lowest BCUT2D eigenvalue weighted by Gasteiger charge is -2.06. The van der Waals surface area contributed by atoms with Gasteiger partial charge in [0, 0.05) is 28.7 Å². The molecule has 0 bridgehead atoms. The van der Waals surface area contributed by atoms with E-state index in [0.29, 0.717) is 16.5 Å². The molecule has 0 aliphatic rings. The first kappa shape index (κ1) is 13.6. The van der Waals surface area contributed by atoms with Gasteiger partial charge in [-0.2, -0.15) is 4.91 Å². The van der Waals surface area contributed by atoms with Crippen molar-refractivity contribution < 1.29 is 9.26 Å². The number of nitrogens with one attached hydrogen (secondary N) is 1. The van der Waals surface area contributed by atoms with Crippen LogP contribution in [0, 0.1) is 11.8 Å². The average molecular weight is 306 g/mol. The van der Waals surface area contributed by atoms with E-state index in [1.54, 1.807) is 18.2 Å². The van der Waals surface area contributed by atoms with E-state index in [1.165, 1.54) is 0 Å². The summed E-state index contributed by atoms with van der Waals surface area (Å²) in [5.41, 5.74) is 2.37. The van der Waals surface area contributed by atoms with E-state index >= 15 is 0 Å². The van der Waals surface area contributed by atoms with Crippen LogP contribution in [0.3, 0.4) is 0 Å². The normalized spacial score (nSPS) is 11.0. The fourth-order valence-corrected chi connectivity index (χ4v) is 2.32. The number of rotatable bonds is 5. The van der Waals surface area contributed by atoms with Gasteiger partial charge in [-0.1, -0.05) is 21.9 Å². The van der Waals surface area contributed by atoms with E-state index in [9.17, 15) is 4.91 Å². The van der Waals surface area contributed by atoms with Gasteiger partial charge in [-0.3, -0.25) is 0 Å². The van der Waals surface area contributed by atoms with Crippen molar-refractivity contribution in [1.82, 2.24) is 10.1 Å². The predicted molar refractivity (Wildman–Crippen MR) is 78.4 cm³/mol. The highest BCUT2D eigenvalue weighted by Crippen LogP contribution is 2.31. The second kappa shape index (κ2) is 5.57. The minimum Gasteiger partial charge on any atom is -0.484 e. The van der Waals surface area contributed by atoms with Gasteiger partial charge in [0.1, 0.15) is 18.9 Å². The van der Waals surface area contributed by atoms with E-state index in [0.717, 1.165) is 22.3 Å². The van der Waals surface area contributed by atoms with Gasteiger partial charge < -0.3 is 14.2 Å². The van der Waals surface area contributed by atoms with Gasteiger partial charge in [-0.15, -0.1) is 0 Å². The van der Waals surface area contributed by atoms with Gasteiger partial charge >= 0.3 is 0 Å². The third kappa shape index (κ3) is 2.90. The lowest BCUT2D eigenvalue weighted by atomic mass is 10.2. The van der Waals surface area contributed by atoms with E-state index in [4.69, 9.17) is 20.9 Å². The lowest BCUT2D eigenvalue weighted by molar-refractivity contribution is 0.249. The molecular weight excluding hydrogens is 294 g/mol. The van der Waals surface area contributed by atoms with Crippen molar-refractivity contribution >= 4 is 22.5 Å². The highest BCUT2D eigenvalue weighted by molar-refractivity contribution is 6.32. The molecule has 0 saturated carbocycles. The van der Waals surface area contributed by atoms with Gasteiger partial charge in [-0.05, 0) is 19.1 Å². The summed E-state index contributed by atoms with van der Waals surface area (Å²) in [6, 6.07) is 7.21. The Kier molecular flexibility index (Phi) is 3.62. The van der Waals surface area contributed by atoms with E-state index in [1.807, 2.05) is 13.0 Å². The molecule has 0 saturated heterocycles. The molecule has 0 aliphatic heterocycles. The van der Waals surface area contributed by atoms with Crippen LogP contribution in [0.2, 0.25) is 5.02 Å². The van der Waals surface area contributed by atoms with Crippen LogP contribution < -0.4 is 4.74 Å². The average Bonchev–Trinajstić information content (AvgIpc) is 3.02. The van der Waals surface area contributed by atoms with Crippen molar-refractivity contribution in [3.63, 3.8) is 0 Å². The smallest absolute Gasteiger partial charge is 0.174 e. The van der Waals surface area contributed by atoms with Gasteiger partial charge in [0.2, 0.25) is 0 Å². The summed E-state index contributed by atoms with van der Waals surface area (Å²) >= 11 is 6.19. The summed E-state index contributed by atoms with van der Waals surface area (Å²) in [5, 5.41) is 8.04. The standard InChI is InChI=1S/C14H12ClN3O3/c1-8-2-11(21-18-8)7-20-14-5-13-9(4-12(14)15)3-10(17-13)6-16-19/h2-5,17H,6-7H2,1H3. The third-order valence-electron chi connectivity index (χ3n) is 3.01. The molecule has 2 aromatic heterocycles. The van der Waals surface area contributed by atoms with Crippen molar-refractivity contribution in [3.8, 4) is 5.75 Å². The number of hydrogen-bond donors (Lipinski definition) is 1. The molecule has 3 aromatic rings. The van der Waals surface area contributed by atoms with Crippen molar-refractivity contribution in [2.24, 2.45) is 5.18 Å². The first-order chi connectivity index (χ1) is 10.2. The molecule has 21 heavy (non-hydrogen) atoms. The maximum absolute atomic E-state index is 10.3. The van der Waals surface area contributed by atoms with Crippen LogP contribution in [-0.4, -0.2) is 10.1 Å². The van der Waals surface area contributed by atoms with Crippen molar-refractivity contribution in [2.45, 2.75) is 20.1 Å². The third-order valence-corrected chi connectivity index (χ3v) is 3.31. The summed E-state index contributed by atoms with van der Waals surface area (Å²) in [6.45, 7) is 2.18. The maximum Gasteiger partial charge on any atom is 0.174 e. The monoisotopic (exact) mass is 305 g/mol. The number of halogens is 1. The van der Waals surface area contributed by atoms with Crippen LogP contribution >= 0.6 is 11.6 Å². The topological polar surface area (TPSA) is 80.5 Å². The summed E-state index contributed by atoms with van der Waals surface area (Å²) in [4.78, 5) is 13.4. The van der Waals surface area contributed by atoms with Gasteiger partial charge in [0.25, 0.3) is 0 Å². The Morgan fingerprint density at radius 3 is 2.95 bits per heavy atom. The molecule has 0 amide bonds. The summed E-state index contributed by atoms with van der Waals surface area (Å²) < 4.78 is 10.7. The zero-order chi connectivity index (χ0) is 14.8. The zero-order valence-corrected chi connectivity index (χ0v) is 12.0. The van der Waals surface area contributed by atoms with Crippen LogP contribution in [0.4, 0.5) is 0 Å². The Morgan fingerprint density at radius 1 is 1.38 bits per heavy atom. The number of aromatic amines is 1. The molecular formula is C14H12ClN3O3. The fraction of sp³-hybridized carbons (Fsp3) is 0.214. The molecule has 1 aromatic carbocycles. The molecule has 0 spiro atoms. The molecule has 0 atom stereocenters. The Labute approximate surface area is 125 Å². The Hall–Kier alpha value is -2.34. The lowest BCUT2D eigenvalue weighted by Crippen LogP contribution is -1.94. The quantitative estimate of drug-likeness (QED) is 0.723. The van der Waals surface area contributed by atoms with Gasteiger partial charge in [0.05, 0.1) is 10.7 Å². The number of H-pyrrole nitrogens is 1. The van der Waals surface area contributed by atoms with Gasteiger partial charge in [0.15, 0.2) is 5.76 Å². The zero-order valence-electron chi connectivity index (χ0n) is 11.2. The predicted octanol–water partition coefficient (Wildman–Crippen LogP) is 3.96. The molecule has 3 rings (SSSR count). The number of hydrogen-bond acceptors (Lipinski definition) is 5. The van der Waals surface area contributed by atoms with Crippen molar-refractivity contribution in [1.29, 1.82) is 0 Å². The number of benzene rings is 1. The van der Waals surface area contributed by atoms with Crippen LogP contribution in [0.1, 0.15) is 17.1 Å². The number of nitrogens with zero attached hydrogens (tertiary/aromatic N) is 2. The molecule has 0 fully saturated rings. The highest BCUT2D eigenvalue weighted by Gasteiger charge is 2.09. The number of nitroso groups, excluding NO2 is 1. The van der Waals surface area contributed by atoms with Crippen molar-refractivity contribution in [2.75, 3.05) is 0 Å². The summed E-state index contributed by atoms with van der Waals surface area (Å²) in [7, 11) is 0. The molecule has 2 heterocycles. The molecule has 6 nitrogen and oxygen atoms in total. The van der Waals surface area contributed by atoms with Crippen LogP contribution in [0.15, 0.2) is 34.0 Å². The highest BCUT2D eigenvalue weighted by atomic mass is 35.5.